The van der Waals surface area contributed by atoms with Crippen molar-refractivity contribution in [2.75, 3.05) is 19.6 Å². The van der Waals surface area contributed by atoms with Crippen molar-refractivity contribution in [1.82, 2.24) is 20.5 Å². The molecule has 0 saturated carbocycles. The van der Waals surface area contributed by atoms with Gasteiger partial charge in [0.05, 0.1) is 6.54 Å². The predicted molar refractivity (Wildman–Crippen MR) is 110 cm³/mol. The molecule has 156 valence electrons. The molecule has 0 bridgehead atoms. The fourth-order valence-electron chi connectivity index (χ4n) is 3.62. The molecule has 7 nitrogen and oxygen atoms in total. The molecule has 1 fully saturated rings. The molecule has 0 aromatic carbocycles. The highest BCUT2D eigenvalue weighted by atomic mass is 16.3. The summed E-state index contributed by atoms with van der Waals surface area (Å²) in [5, 5.41) is 5.93. The Kier molecular flexibility index (Phi) is 7.81. The Bertz CT molecular complexity index is 790. The van der Waals surface area contributed by atoms with Gasteiger partial charge in [-0.25, -0.2) is 0 Å². The van der Waals surface area contributed by atoms with E-state index >= 15 is 0 Å². The van der Waals surface area contributed by atoms with Gasteiger partial charge in [-0.1, -0.05) is 0 Å². The maximum absolute atomic E-state index is 12.7. The molecule has 1 unspecified atom stereocenters. The summed E-state index contributed by atoms with van der Waals surface area (Å²) in [4.78, 5) is 31.2. The fourth-order valence-corrected chi connectivity index (χ4v) is 3.62. The van der Waals surface area contributed by atoms with Crippen LogP contribution in [0, 0.1) is 12.8 Å². The van der Waals surface area contributed by atoms with Gasteiger partial charge in [-0.05, 0) is 62.6 Å². The largest absolute Gasteiger partial charge is 0.465 e. The van der Waals surface area contributed by atoms with Crippen molar-refractivity contribution in [3.63, 3.8) is 0 Å². The predicted octanol–water partition coefficient (Wildman–Crippen LogP) is 2.41. The molecule has 2 amide bonds. The van der Waals surface area contributed by atoms with E-state index in [0.29, 0.717) is 32.5 Å². The second kappa shape index (κ2) is 10.8. The highest BCUT2D eigenvalue weighted by Crippen LogP contribution is 2.15. The van der Waals surface area contributed by atoms with Crippen LogP contribution < -0.4 is 10.6 Å². The Balaban J connectivity index is 1.55. The lowest BCUT2D eigenvalue weighted by molar-refractivity contribution is -0.126. The molecular formula is C22H30N4O3. The van der Waals surface area contributed by atoms with E-state index in [1.54, 1.807) is 12.4 Å². The zero-order valence-corrected chi connectivity index (χ0v) is 17.0. The average molecular weight is 399 g/mol. The zero-order valence-electron chi connectivity index (χ0n) is 17.0. The van der Waals surface area contributed by atoms with Crippen molar-refractivity contribution >= 4 is 11.8 Å². The van der Waals surface area contributed by atoms with Gasteiger partial charge in [0.15, 0.2) is 0 Å². The molecule has 1 atom stereocenters. The number of hydrogen-bond acceptors (Lipinski definition) is 5. The SMILES string of the molecule is Cc1ccc(CNC(=O)C2CCCN(Cc3ccncc3)CCC(=O)NCC2)o1. The van der Waals surface area contributed by atoms with Crippen LogP contribution in [-0.2, 0) is 22.7 Å². The molecular weight excluding hydrogens is 368 g/mol. The standard InChI is InChI=1S/C22H30N4O3/c1-17-4-5-20(29-17)15-25-22(28)19-3-2-13-26(14-9-21(27)24-12-8-19)16-18-6-10-23-11-7-18/h4-7,10-11,19H,2-3,8-9,12-16H2,1H3,(H,24,27)(H,25,28). The summed E-state index contributed by atoms with van der Waals surface area (Å²) < 4.78 is 5.52. The van der Waals surface area contributed by atoms with Crippen molar-refractivity contribution in [2.24, 2.45) is 5.92 Å². The van der Waals surface area contributed by atoms with Gasteiger partial charge in [-0.15, -0.1) is 0 Å². The first-order valence-electron chi connectivity index (χ1n) is 10.3. The number of carbonyl (C=O) groups excluding carboxylic acids is 2. The molecule has 7 heteroatoms. The summed E-state index contributed by atoms with van der Waals surface area (Å²) >= 11 is 0. The summed E-state index contributed by atoms with van der Waals surface area (Å²) in [6.45, 7) is 5.16. The van der Waals surface area contributed by atoms with Gasteiger partial charge in [0.2, 0.25) is 11.8 Å². The quantitative estimate of drug-likeness (QED) is 0.808. The van der Waals surface area contributed by atoms with E-state index in [1.807, 2.05) is 31.2 Å². The molecule has 3 heterocycles. The summed E-state index contributed by atoms with van der Waals surface area (Å²) in [6, 6.07) is 7.77. The van der Waals surface area contributed by atoms with Crippen LogP contribution in [-0.4, -0.2) is 41.3 Å². The minimum Gasteiger partial charge on any atom is -0.465 e. The Morgan fingerprint density at radius 1 is 1.24 bits per heavy atom. The molecule has 2 N–H and O–H groups in total. The number of nitrogens with zero attached hydrogens (tertiary/aromatic N) is 2. The van der Waals surface area contributed by atoms with Crippen LogP contribution in [0.2, 0.25) is 0 Å². The van der Waals surface area contributed by atoms with Crippen LogP contribution in [0.15, 0.2) is 41.1 Å². The zero-order chi connectivity index (χ0) is 20.5. The van der Waals surface area contributed by atoms with E-state index in [0.717, 1.165) is 37.5 Å². The van der Waals surface area contributed by atoms with Crippen molar-refractivity contribution < 1.29 is 14.0 Å². The summed E-state index contributed by atoms with van der Waals surface area (Å²) in [5.41, 5.74) is 1.18. The third kappa shape index (κ3) is 7.02. The third-order valence-electron chi connectivity index (χ3n) is 5.26. The molecule has 0 aliphatic carbocycles. The fraction of sp³-hybridized carbons (Fsp3) is 0.500. The number of furan rings is 1. The average Bonchev–Trinajstić information content (AvgIpc) is 3.13. The van der Waals surface area contributed by atoms with Crippen LogP contribution in [0.5, 0.6) is 0 Å². The summed E-state index contributed by atoms with van der Waals surface area (Å²) in [6.07, 6.45) is 6.41. The second-order valence-corrected chi connectivity index (χ2v) is 7.59. The Labute approximate surface area is 171 Å². The number of aromatic nitrogens is 1. The van der Waals surface area contributed by atoms with Crippen LogP contribution >= 0.6 is 0 Å². The van der Waals surface area contributed by atoms with E-state index in [4.69, 9.17) is 4.42 Å². The molecule has 1 aliphatic rings. The van der Waals surface area contributed by atoms with Gasteiger partial charge < -0.3 is 15.1 Å². The summed E-state index contributed by atoms with van der Waals surface area (Å²) in [7, 11) is 0. The molecule has 0 spiro atoms. The maximum Gasteiger partial charge on any atom is 0.223 e. The molecule has 1 aliphatic heterocycles. The molecule has 2 aromatic heterocycles. The summed E-state index contributed by atoms with van der Waals surface area (Å²) in [5.74, 6) is 1.53. The normalized spacial score (nSPS) is 19.2. The molecule has 1 saturated heterocycles. The lowest BCUT2D eigenvalue weighted by Gasteiger charge is -2.22. The lowest BCUT2D eigenvalue weighted by atomic mass is 9.98. The molecule has 2 aromatic rings. The van der Waals surface area contributed by atoms with E-state index < -0.39 is 0 Å². The Morgan fingerprint density at radius 2 is 2.07 bits per heavy atom. The highest BCUT2D eigenvalue weighted by Gasteiger charge is 2.20. The number of rotatable bonds is 5. The Hall–Kier alpha value is -2.67. The number of hydrogen-bond donors (Lipinski definition) is 2. The van der Waals surface area contributed by atoms with E-state index in [1.165, 1.54) is 5.56 Å². The van der Waals surface area contributed by atoms with Gasteiger partial charge >= 0.3 is 0 Å². The lowest BCUT2D eigenvalue weighted by Crippen LogP contribution is -2.33. The molecule has 3 rings (SSSR count). The van der Waals surface area contributed by atoms with Crippen LogP contribution in [0.25, 0.3) is 0 Å². The van der Waals surface area contributed by atoms with E-state index in [2.05, 4.69) is 20.5 Å². The van der Waals surface area contributed by atoms with Crippen LogP contribution in [0.3, 0.4) is 0 Å². The maximum atomic E-state index is 12.7. The van der Waals surface area contributed by atoms with Gasteiger partial charge in [-0.2, -0.15) is 0 Å². The number of carbonyl (C=O) groups is 2. The van der Waals surface area contributed by atoms with E-state index in [9.17, 15) is 9.59 Å². The first-order valence-corrected chi connectivity index (χ1v) is 10.3. The smallest absolute Gasteiger partial charge is 0.223 e. The van der Waals surface area contributed by atoms with E-state index in [-0.39, 0.29) is 17.7 Å². The highest BCUT2D eigenvalue weighted by molar-refractivity contribution is 5.79. The number of pyridine rings is 1. The second-order valence-electron chi connectivity index (χ2n) is 7.59. The topological polar surface area (TPSA) is 87.5 Å². The first kappa shape index (κ1) is 21.0. The van der Waals surface area contributed by atoms with Crippen molar-refractivity contribution in [3.05, 3.63) is 53.7 Å². The number of amides is 2. The van der Waals surface area contributed by atoms with Gasteiger partial charge in [-0.3, -0.25) is 19.5 Å². The minimum atomic E-state index is -0.118. The first-order chi connectivity index (χ1) is 14.1. The van der Waals surface area contributed by atoms with Crippen molar-refractivity contribution in [3.8, 4) is 0 Å². The number of nitrogens with one attached hydrogen (secondary N) is 2. The van der Waals surface area contributed by atoms with Crippen LogP contribution in [0.4, 0.5) is 0 Å². The monoisotopic (exact) mass is 398 g/mol. The Morgan fingerprint density at radius 3 is 2.83 bits per heavy atom. The minimum absolute atomic E-state index is 0.0215. The van der Waals surface area contributed by atoms with Crippen molar-refractivity contribution in [1.29, 1.82) is 0 Å². The van der Waals surface area contributed by atoms with Gasteiger partial charge in [0, 0.05) is 44.4 Å². The molecule has 29 heavy (non-hydrogen) atoms. The van der Waals surface area contributed by atoms with Gasteiger partial charge in [0.25, 0.3) is 0 Å². The van der Waals surface area contributed by atoms with Gasteiger partial charge in [0.1, 0.15) is 11.5 Å². The number of aryl methyl sites for hydroxylation is 1. The van der Waals surface area contributed by atoms with Crippen LogP contribution in [0.1, 0.15) is 42.8 Å². The third-order valence-corrected chi connectivity index (χ3v) is 5.26. The van der Waals surface area contributed by atoms with Crippen molar-refractivity contribution in [2.45, 2.75) is 45.7 Å². The molecule has 0 radical (unpaired) electrons.